The van der Waals surface area contributed by atoms with Crippen LogP contribution in [0, 0.1) is 0 Å². The van der Waals surface area contributed by atoms with Crippen molar-refractivity contribution in [2.45, 2.75) is 26.3 Å². The molecule has 2 N–H and O–H groups in total. The summed E-state index contributed by atoms with van der Waals surface area (Å²) in [5.74, 6) is -0.170. The Balaban J connectivity index is 1.89. The fraction of sp³-hybridized carbons (Fsp3) is 0.346. The van der Waals surface area contributed by atoms with Gasteiger partial charge < -0.3 is 24.8 Å². The van der Waals surface area contributed by atoms with Crippen molar-refractivity contribution < 1.29 is 28.6 Å². The van der Waals surface area contributed by atoms with Gasteiger partial charge in [-0.1, -0.05) is 19.1 Å². The largest absolute Gasteiger partial charge is 0.497 e. The van der Waals surface area contributed by atoms with Gasteiger partial charge in [-0.25, -0.2) is 9.59 Å². The molecule has 2 aromatic rings. The maximum absolute atomic E-state index is 13.0. The normalized spacial score (nSPS) is 15.5. The van der Waals surface area contributed by atoms with Gasteiger partial charge in [0.05, 0.1) is 25.3 Å². The van der Waals surface area contributed by atoms with Gasteiger partial charge in [0.2, 0.25) is 0 Å². The summed E-state index contributed by atoms with van der Waals surface area (Å²) in [5, 5.41) is 5.78. The number of rotatable bonds is 10. The van der Waals surface area contributed by atoms with Crippen LogP contribution < -0.4 is 15.4 Å². The van der Waals surface area contributed by atoms with E-state index in [1.54, 1.807) is 67.5 Å². The van der Waals surface area contributed by atoms with E-state index in [-0.39, 0.29) is 25.2 Å². The first-order valence-electron chi connectivity index (χ1n) is 11.4. The zero-order valence-electron chi connectivity index (χ0n) is 20.4. The molecule has 0 saturated heterocycles. The highest BCUT2D eigenvalue weighted by atomic mass is 16.6. The smallest absolute Gasteiger partial charge is 0.338 e. The minimum absolute atomic E-state index is 0.0957. The molecule has 1 heterocycles. The average molecular weight is 482 g/mol. The summed E-state index contributed by atoms with van der Waals surface area (Å²) in [5.41, 5.74) is 2.51. The Kier molecular flexibility index (Phi) is 8.86. The van der Waals surface area contributed by atoms with Gasteiger partial charge in [0.25, 0.3) is 5.91 Å². The van der Waals surface area contributed by atoms with Crippen LogP contribution in [-0.2, 0) is 14.3 Å². The minimum Gasteiger partial charge on any atom is -0.497 e. The predicted octanol–water partition coefficient (Wildman–Crippen LogP) is 3.89. The molecule has 9 heteroatoms. The van der Waals surface area contributed by atoms with E-state index in [4.69, 9.17) is 14.2 Å². The van der Waals surface area contributed by atoms with Gasteiger partial charge in [-0.3, -0.25) is 9.69 Å². The first-order valence-corrected chi connectivity index (χ1v) is 11.4. The number of amides is 3. The molecule has 0 radical (unpaired) electrons. The van der Waals surface area contributed by atoms with Crippen LogP contribution in [0.1, 0.15) is 42.2 Å². The first kappa shape index (κ1) is 25.8. The number of urea groups is 1. The highest BCUT2D eigenvalue weighted by molar-refractivity contribution is 6.04. The van der Waals surface area contributed by atoms with Gasteiger partial charge in [-0.15, -0.1) is 0 Å². The van der Waals surface area contributed by atoms with E-state index in [2.05, 4.69) is 10.6 Å². The molecule has 0 fully saturated rings. The molecular weight excluding hydrogens is 450 g/mol. The van der Waals surface area contributed by atoms with E-state index in [1.807, 2.05) is 6.92 Å². The Bertz CT molecular complexity index is 1100. The summed E-state index contributed by atoms with van der Waals surface area (Å²) >= 11 is 0. The number of nitrogens with one attached hydrogen (secondary N) is 2. The molecule has 0 bridgehead atoms. The SMILES string of the molecule is CCCN1C(=O)NC(c2cccc(NC(=O)c3ccc(OC)cc3)c2)C(C(=O)OCCOC)=C1C. The van der Waals surface area contributed by atoms with Crippen molar-refractivity contribution in [1.29, 1.82) is 0 Å². The fourth-order valence-electron chi connectivity index (χ4n) is 3.83. The number of allylic oxidation sites excluding steroid dienone is 1. The highest BCUT2D eigenvalue weighted by Gasteiger charge is 2.36. The lowest BCUT2D eigenvalue weighted by Crippen LogP contribution is -2.48. The fourth-order valence-corrected chi connectivity index (χ4v) is 3.83. The molecule has 0 saturated carbocycles. The van der Waals surface area contributed by atoms with E-state index in [1.165, 1.54) is 7.11 Å². The van der Waals surface area contributed by atoms with Crippen LogP contribution in [0.4, 0.5) is 10.5 Å². The summed E-state index contributed by atoms with van der Waals surface area (Å²) in [4.78, 5) is 40.1. The number of benzene rings is 2. The molecule has 1 aliphatic heterocycles. The van der Waals surface area contributed by atoms with Gasteiger partial charge >= 0.3 is 12.0 Å². The predicted molar refractivity (Wildman–Crippen MR) is 131 cm³/mol. The quantitative estimate of drug-likeness (QED) is 0.394. The van der Waals surface area contributed by atoms with E-state index in [0.29, 0.717) is 40.4 Å². The van der Waals surface area contributed by atoms with Crippen LogP contribution in [0.3, 0.4) is 0 Å². The second-order valence-corrected chi connectivity index (χ2v) is 7.97. The Morgan fingerprint density at radius 1 is 1.09 bits per heavy atom. The molecule has 0 aromatic heterocycles. The van der Waals surface area contributed by atoms with E-state index in [0.717, 1.165) is 6.42 Å². The van der Waals surface area contributed by atoms with E-state index < -0.39 is 12.0 Å². The minimum atomic E-state index is -0.733. The number of nitrogens with zero attached hydrogens (tertiary/aromatic N) is 1. The second kappa shape index (κ2) is 12.0. The number of anilines is 1. The van der Waals surface area contributed by atoms with Crippen molar-refractivity contribution in [3.63, 3.8) is 0 Å². The summed E-state index contributed by atoms with van der Waals surface area (Å²) in [6.45, 7) is 4.53. The van der Waals surface area contributed by atoms with Crippen molar-refractivity contribution in [3.05, 3.63) is 70.9 Å². The lowest BCUT2D eigenvalue weighted by Gasteiger charge is -2.35. The van der Waals surface area contributed by atoms with E-state index >= 15 is 0 Å². The van der Waals surface area contributed by atoms with Crippen LogP contribution in [0.25, 0.3) is 0 Å². The molecule has 1 atom stereocenters. The van der Waals surface area contributed by atoms with Crippen LogP contribution in [0.5, 0.6) is 5.75 Å². The Labute approximate surface area is 205 Å². The maximum Gasteiger partial charge on any atom is 0.338 e. The summed E-state index contributed by atoms with van der Waals surface area (Å²) in [7, 11) is 3.08. The third kappa shape index (κ3) is 6.19. The van der Waals surface area contributed by atoms with Crippen LogP contribution in [-0.4, -0.2) is 56.8 Å². The number of ether oxygens (including phenoxy) is 3. The summed E-state index contributed by atoms with van der Waals surface area (Å²) in [6.07, 6.45) is 0.730. The van der Waals surface area contributed by atoms with Gasteiger partial charge in [0.1, 0.15) is 12.4 Å². The third-order valence-electron chi connectivity index (χ3n) is 5.61. The molecule has 2 aromatic carbocycles. The number of carbonyl (C=O) groups excluding carboxylic acids is 3. The lowest BCUT2D eigenvalue weighted by molar-refractivity contribution is -0.140. The van der Waals surface area contributed by atoms with Crippen molar-refractivity contribution in [2.24, 2.45) is 0 Å². The Morgan fingerprint density at radius 3 is 2.49 bits per heavy atom. The standard InChI is InChI=1S/C26H31N3O6/c1-5-13-29-17(2)22(25(31)35-15-14-33-3)23(28-26(29)32)19-7-6-8-20(16-19)27-24(30)18-9-11-21(34-4)12-10-18/h6-12,16,23H,5,13-15H2,1-4H3,(H,27,30)(H,28,32). The summed E-state index contributed by atoms with van der Waals surface area (Å²) < 4.78 is 15.5. The van der Waals surface area contributed by atoms with Crippen LogP contribution >= 0.6 is 0 Å². The van der Waals surface area contributed by atoms with Crippen molar-refractivity contribution in [3.8, 4) is 5.75 Å². The molecule has 3 rings (SSSR count). The number of carbonyl (C=O) groups is 3. The molecule has 1 aliphatic rings. The Hall–Kier alpha value is -3.85. The average Bonchev–Trinajstić information content (AvgIpc) is 2.86. The number of methoxy groups -OCH3 is 2. The zero-order valence-corrected chi connectivity index (χ0v) is 20.4. The number of hydrogen-bond donors (Lipinski definition) is 2. The molecular formula is C26H31N3O6. The lowest BCUT2D eigenvalue weighted by atomic mass is 9.94. The number of hydrogen-bond acceptors (Lipinski definition) is 6. The van der Waals surface area contributed by atoms with Gasteiger partial charge in [-0.05, 0) is 55.3 Å². The third-order valence-corrected chi connectivity index (χ3v) is 5.61. The Morgan fingerprint density at radius 2 is 1.83 bits per heavy atom. The molecule has 3 amide bonds. The monoisotopic (exact) mass is 481 g/mol. The van der Waals surface area contributed by atoms with Crippen molar-refractivity contribution >= 4 is 23.6 Å². The molecule has 0 aliphatic carbocycles. The zero-order chi connectivity index (χ0) is 25.4. The van der Waals surface area contributed by atoms with Gasteiger partial charge in [0.15, 0.2) is 0 Å². The van der Waals surface area contributed by atoms with E-state index in [9.17, 15) is 14.4 Å². The van der Waals surface area contributed by atoms with Gasteiger partial charge in [0, 0.05) is 30.6 Å². The van der Waals surface area contributed by atoms with Crippen LogP contribution in [0.2, 0.25) is 0 Å². The second-order valence-electron chi connectivity index (χ2n) is 7.97. The molecule has 35 heavy (non-hydrogen) atoms. The summed E-state index contributed by atoms with van der Waals surface area (Å²) in [6, 6.07) is 12.7. The molecule has 0 spiro atoms. The van der Waals surface area contributed by atoms with Crippen molar-refractivity contribution in [2.75, 3.05) is 39.3 Å². The van der Waals surface area contributed by atoms with Gasteiger partial charge in [-0.2, -0.15) is 0 Å². The first-order chi connectivity index (χ1) is 16.9. The number of esters is 1. The molecule has 1 unspecified atom stereocenters. The highest BCUT2D eigenvalue weighted by Crippen LogP contribution is 2.32. The molecule has 9 nitrogen and oxygen atoms in total. The topological polar surface area (TPSA) is 106 Å². The molecule has 186 valence electrons. The van der Waals surface area contributed by atoms with Crippen LogP contribution in [0.15, 0.2) is 59.8 Å². The maximum atomic E-state index is 13.0. The van der Waals surface area contributed by atoms with Crippen molar-refractivity contribution in [1.82, 2.24) is 10.2 Å².